The lowest BCUT2D eigenvalue weighted by Gasteiger charge is -2.48. The molecule has 1 N–H and O–H groups in total. The second-order valence-electron chi connectivity index (χ2n) is 5.66. The molecule has 0 radical (unpaired) electrons. The van der Waals surface area contributed by atoms with Crippen LogP contribution in [-0.2, 0) is 0 Å². The Morgan fingerprint density at radius 3 is 2.12 bits per heavy atom. The number of rotatable bonds is 6. The molecule has 0 amide bonds. The van der Waals surface area contributed by atoms with Crippen LogP contribution in [0.25, 0.3) is 0 Å². The minimum atomic E-state index is 0.464. The third-order valence-corrected chi connectivity index (χ3v) is 5.02. The summed E-state index contributed by atoms with van der Waals surface area (Å²) < 4.78 is 0. The molecule has 1 heterocycles. The van der Waals surface area contributed by atoms with E-state index in [-0.39, 0.29) is 0 Å². The second-order valence-corrected chi connectivity index (χ2v) is 5.66. The second kappa shape index (κ2) is 6.75. The normalized spacial score (nSPS) is 27.4. The molecule has 102 valence electrons. The summed E-state index contributed by atoms with van der Waals surface area (Å²) in [5, 5.41) is 3.63. The molecule has 0 bridgehead atoms. The van der Waals surface area contributed by atoms with Crippen LogP contribution in [0.3, 0.4) is 0 Å². The highest BCUT2D eigenvalue weighted by atomic mass is 15.2. The van der Waals surface area contributed by atoms with E-state index in [0.29, 0.717) is 5.54 Å². The molecule has 0 spiro atoms. The van der Waals surface area contributed by atoms with Crippen molar-refractivity contribution in [2.45, 2.75) is 71.9 Å². The maximum Gasteiger partial charge on any atom is 0.0201 e. The summed E-state index contributed by atoms with van der Waals surface area (Å²) in [5.41, 5.74) is 0.464. The summed E-state index contributed by atoms with van der Waals surface area (Å²) in [7, 11) is 0. The Hall–Kier alpha value is -0.0800. The average molecular weight is 240 g/mol. The monoisotopic (exact) mass is 240 g/mol. The summed E-state index contributed by atoms with van der Waals surface area (Å²) in [6.07, 6.45) is 5.19. The molecule has 1 saturated heterocycles. The van der Waals surface area contributed by atoms with Crippen molar-refractivity contribution in [2.75, 3.05) is 19.6 Å². The van der Waals surface area contributed by atoms with Gasteiger partial charge in [0.25, 0.3) is 0 Å². The van der Waals surface area contributed by atoms with Gasteiger partial charge in [-0.15, -0.1) is 0 Å². The third-order valence-electron chi connectivity index (χ3n) is 5.02. The number of piperidine rings is 1. The van der Waals surface area contributed by atoms with Gasteiger partial charge in [-0.3, -0.25) is 4.90 Å². The van der Waals surface area contributed by atoms with Crippen LogP contribution < -0.4 is 5.32 Å². The van der Waals surface area contributed by atoms with E-state index < -0.39 is 0 Å². The highest BCUT2D eigenvalue weighted by molar-refractivity contribution is 4.93. The Balaban J connectivity index is 2.64. The molecule has 0 saturated carbocycles. The van der Waals surface area contributed by atoms with Crippen LogP contribution in [0.4, 0.5) is 0 Å². The first-order valence-corrected chi connectivity index (χ1v) is 7.61. The van der Waals surface area contributed by atoms with E-state index in [2.05, 4.69) is 44.8 Å². The first-order valence-electron chi connectivity index (χ1n) is 7.61. The molecule has 0 aromatic rings. The fourth-order valence-corrected chi connectivity index (χ4v) is 3.56. The molecular formula is C15H32N2. The largest absolute Gasteiger partial charge is 0.314 e. The Labute approximate surface area is 108 Å². The zero-order chi connectivity index (χ0) is 12.9. The van der Waals surface area contributed by atoms with E-state index in [4.69, 9.17) is 0 Å². The Bertz CT molecular complexity index is 203. The van der Waals surface area contributed by atoms with Crippen molar-refractivity contribution in [2.24, 2.45) is 5.92 Å². The smallest absolute Gasteiger partial charge is 0.0201 e. The van der Waals surface area contributed by atoms with Crippen molar-refractivity contribution < 1.29 is 0 Å². The van der Waals surface area contributed by atoms with Crippen LogP contribution in [0.2, 0.25) is 0 Å². The minimum Gasteiger partial charge on any atom is -0.314 e. The van der Waals surface area contributed by atoms with Crippen molar-refractivity contribution in [1.82, 2.24) is 10.2 Å². The Morgan fingerprint density at radius 2 is 1.71 bits per heavy atom. The van der Waals surface area contributed by atoms with Gasteiger partial charge in [-0.2, -0.15) is 0 Å². The maximum atomic E-state index is 3.63. The van der Waals surface area contributed by atoms with Gasteiger partial charge in [0.2, 0.25) is 0 Å². The quantitative estimate of drug-likeness (QED) is 0.766. The lowest BCUT2D eigenvalue weighted by atomic mass is 9.83. The van der Waals surface area contributed by atoms with E-state index in [1.165, 1.54) is 38.8 Å². The topological polar surface area (TPSA) is 15.3 Å². The van der Waals surface area contributed by atoms with Gasteiger partial charge < -0.3 is 5.32 Å². The zero-order valence-electron chi connectivity index (χ0n) is 12.6. The average Bonchev–Trinajstić information content (AvgIpc) is 2.35. The van der Waals surface area contributed by atoms with Crippen molar-refractivity contribution >= 4 is 0 Å². The molecule has 1 aliphatic heterocycles. The highest BCUT2D eigenvalue weighted by Gasteiger charge is 2.36. The Morgan fingerprint density at radius 1 is 1.12 bits per heavy atom. The van der Waals surface area contributed by atoms with Gasteiger partial charge in [0.15, 0.2) is 0 Å². The predicted octanol–water partition coefficient (Wildman–Crippen LogP) is 3.28. The van der Waals surface area contributed by atoms with Gasteiger partial charge in [0.1, 0.15) is 0 Å². The van der Waals surface area contributed by atoms with Crippen LogP contribution in [0, 0.1) is 5.92 Å². The van der Waals surface area contributed by atoms with E-state index >= 15 is 0 Å². The molecule has 2 heteroatoms. The van der Waals surface area contributed by atoms with E-state index in [9.17, 15) is 0 Å². The van der Waals surface area contributed by atoms with Crippen LogP contribution in [0.1, 0.15) is 60.3 Å². The molecule has 1 rings (SSSR count). The van der Waals surface area contributed by atoms with Crippen molar-refractivity contribution in [1.29, 1.82) is 0 Å². The molecule has 2 nitrogen and oxygen atoms in total. The molecular weight excluding hydrogens is 208 g/mol. The van der Waals surface area contributed by atoms with Crippen molar-refractivity contribution in [3.63, 3.8) is 0 Å². The highest BCUT2D eigenvalue weighted by Crippen LogP contribution is 2.32. The fraction of sp³-hybridized carbons (Fsp3) is 1.00. The standard InChI is InChI=1S/C15H32N2/c1-6-15(7-2,8-3)17-11-10-14(16-9-4)13(5)12-17/h13-14,16H,6-12H2,1-5H3. The van der Waals surface area contributed by atoms with E-state index in [1.54, 1.807) is 0 Å². The van der Waals surface area contributed by atoms with Crippen molar-refractivity contribution in [3.8, 4) is 0 Å². The van der Waals surface area contributed by atoms with Gasteiger partial charge in [-0.05, 0) is 38.1 Å². The van der Waals surface area contributed by atoms with Gasteiger partial charge in [0, 0.05) is 24.7 Å². The SMILES string of the molecule is CCNC1CCN(C(CC)(CC)CC)CC1C. The van der Waals surface area contributed by atoms with Crippen molar-refractivity contribution in [3.05, 3.63) is 0 Å². The summed E-state index contributed by atoms with van der Waals surface area (Å²) in [4.78, 5) is 2.77. The van der Waals surface area contributed by atoms with Crippen LogP contribution in [0.15, 0.2) is 0 Å². The van der Waals surface area contributed by atoms with Gasteiger partial charge in [0.05, 0.1) is 0 Å². The van der Waals surface area contributed by atoms with E-state index in [0.717, 1.165) is 18.5 Å². The number of nitrogens with zero attached hydrogens (tertiary/aromatic N) is 1. The van der Waals surface area contributed by atoms with Crippen LogP contribution in [0.5, 0.6) is 0 Å². The molecule has 1 aliphatic rings. The van der Waals surface area contributed by atoms with Gasteiger partial charge in [-0.1, -0.05) is 34.6 Å². The lowest BCUT2D eigenvalue weighted by Crippen LogP contribution is -2.56. The summed E-state index contributed by atoms with van der Waals surface area (Å²) >= 11 is 0. The Kier molecular flexibility index (Phi) is 5.94. The number of hydrogen-bond donors (Lipinski definition) is 1. The molecule has 0 aromatic heterocycles. The molecule has 0 aromatic carbocycles. The first kappa shape index (κ1) is 15.0. The van der Waals surface area contributed by atoms with Gasteiger partial charge >= 0.3 is 0 Å². The first-order chi connectivity index (χ1) is 8.13. The predicted molar refractivity (Wildman–Crippen MR) is 76.4 cm³/mol. The fourth-order valence-electron chi connectivity index (χ4n) is 3.56. The molecule has 2 atom stereocenters. The number of hydrogen-bond acceptors (Lipinski definition) is 2. The zero-order valence-corrected chi connectivity index (χ0v) is 12.6. The number of nitrogens with one attached hydrogen (secondary N) is 1. The molecule has 1 fully saturated rings. The summed E-state index contributed by atoms with van der Waals surface area (Å²) in [5.74, 6) is 0.785. The maximum absolute atomic E-state index is 3.63. The summed E-state index contributed by atoms with van der Waals surface area (Å²) in [6.45, 7) is 15.3. The minimum absolute atomic E-state index is 0.464. The van der Waals surface area contributed by atoms with E-state index in [1.807, 2.05) is 0 Å². The molecule has 17 heavy (non-hydrogen) atoms. The molecule has 0 aliphatic carbocycles. The molecule has 2 unspecified atom stereocenters. The van der Waals surface area contributed by atoms with Crippen LogP contribution in [-0.4, -0.2) is 36.1 Å². The number of likely N-dealkylation sites (tertiary alicyclic amines) is 1. The third kappa shape index (κ3) is 3.23. The van der Waals surface area contributed by atoms with Crippen LogP contribution >= 0.6 is 0 Å². The summed E-state index contributed by atoms with van der Waals surface area (Å²) in [6, 6.07) is 0.736. The lowest BCUT2D eigenvalue weighted by molar-refractivity contribution is 0.0231. The van der Waals surface area contributed by atoms with Gasteiger partial charge in [-0.25, -0.2) is 0 Å².